The van der Waals surface area contributed by atoms with Gasteiger partial charge in [-0.3, -0.25) is 0 Å². The third kappa shape index (κ3) is 5.65. The van der Waals surface area contributed by atoms with E-state index in [4.69, 9.17) is 4.74 Å². The van der Waals surface area contributed by atoms with Crippen molar-refractivity contribution in [2.75, 3.05) is 0 Å². The van der Waals surface area contributed by atoms with Crippen molar-refractivity contribution in [2.45, 2.75) is 57.2 Å². The zero-order chi connectivity index (χ0) is 25.2. The summed E-state index contributed by atoms with van der Waals surface area (Å²) in [4.78, 5) is 0. The Morgan fingerprint density at radius 1 is 0.829 bits per heavy atom. The predicted molar refractivity (Wildman–Crippen MR) is 123 cm³/mol. The predicted octanol–water partition coefficient (Wildman–Crippen LogP) is 9.32. The molecule has 0 saturated heterocycles. The van der Waals surface area contributed by atoms with Crippen LogP contribution in [0.4, 0.5) is 26.3 Å². The molecule has 1 aliphatic rings. The van der Waals surface area contributed by atoms with Crippen LogP contribution < -0.4 is 4.74 Å². The highest BCUT2D eigenvalue weighted by Crippen LogP contribution is 2.41. The summed E-state index contributed by atoms with van der Waals surface area (Å²) < 4.78 is 87.9. The van der Waals surface area contributed by atoms with Crippen LogP contribution in [0.3, 0.4) is 0 Å². The molecule has 0 bridgehead atoms. The summed E-state index contributed by atoms with van der Waals surface area (Å²) in [6.07, 6.45) is -3.02. The lowest BCUT2D eigenvalue weighted by Gasteiger charge is -2.28. The molecule has 1 fully saturated rings. The number of rotatable bonds is 6. The fourth-order valence-corrected chi connectivity index (χ4v) is 4.76. The average Bonchev–Trinajstić information content (AvgIpc) is 2.83. The molecular weight excluding hydrogens is 466 g/mol. The van der Waals surface area contributed by atoms with Crippen LogP contribution in [-0.4, -0.2) is 0 Å². The SMILES string of the molecule is CC[C@H]1CC[C@H](c2ccc(C(F)(F)Oc3ccccc3-c3ccc(C(F)(F)F)c(F)c3)cc2)CC1. The molecule has 3 aromatic rings. The molecule has 0 aliphatic heterocycles. The Morgan fingerprint density at radius 3 is 2.09 bits per heavy atom. The van der Waals surface area contributed by atoms with Crippen LogP contribution in [0, 0.1) is 11.7 Å². The van der Waals surface area contributed by atoms with Crippen molar-refractivity contribution >= 4 is 0 Å². The number of alkyl halides is 5. The van der Waals surface area contributed by atoms with Crippen molar-refractivity contribution in [1.82, 2.24) is 0 Å². The second-order valence-corrected chi connectivity index (χ2v) is 9.06. The number of benzene rings is 3. The third-order valence-electron chi connectivity index (χ3n) is 6.85. The maximum Gasteiger partial charge on any atom is 0.426 e. The smallest absolute Gasteiger partial charge is 0.426 e. The normalized spacial score (nSPS) is 18.9. The molecular formula is C28H26F6O. The zero-order valence-electron chi connectivity index (χ0n) is 19.2. The highest BCUT2D eigenvalue weighted by Gasteiger charge is 2.36. The van der Waals surface area contributed by atoms with Crippen LogP contribution >= 0.6 is 0 Å². The molecule has 0 N–H and O–H groups in total. The van der Waals surface area contributed by atoms with Crippen LogP contribution in [0.15, 0.2) is 66.7 Å². The van der Waals surface area contributed by atoms with Crippen LogP contribution in [0.2, 0.25) is 0 Å². The van der Waals surface area contributed by atoms with Crippen molar-refractivity contribution < 1.29 is 31.1 Å². The summed E-state index contributed by atoms with van der Waals surface area (Å²) in [5, 5.41) is 0. The van der Waals surface area contributed by atoms with E-state index in [9.17, 15) is 17.6 Å². The van der Waals surface area contributed by atoms with Crippen LogP contribution in [0.5, 0.6) is 5.75 Å². The van der Waals surface area contributed by atoms with Gasteiger partial charge in [-0.2, -0.15) is 22.0 Å². The molecule has 35 heavy (non-hydrogen) atoms. The molecule has 0 radical (unpaired) electrons. The van der Waals surface area contributed by atoms with Crippen molar-refractivity contribution in [3.63, 3.8) is 0 Å². The molecule has 0 unspecified atom stereocenters. The highest BCUT2D eigenvalue weighted by atomic mass is 19.4. The lowest BCUT2D eigenvalue weighted by atomic mass is 9.78. The second kappa shape index (κ2) is 9.96. The van der Waals surface area contributed by atoms with Crippen molar-refractivity contribution in [3.05, 3.63) is 89.2 Å². The van der Waals surface area contributed by atoms with Gasteiger partial charge in [-0.1, -0.05) is 49.7 Å². The summed E-state index contributed by atoms with van der Waals surface area (Å²) in [6, 6.07) is 14.1. The van der Waals surface area contributed by atoms with Crippen LogP contribution in [0.25, 0.3) is 11.1 Å². The molecule has 0 heterocycles. The Morgan fingerprint density at radius 2 is 1.49 bits per heavy atom. The highest BCUT2D eigenvalue weighted by molar-refractivity contribution is 5.70. The Labute approximate surface area is 200 Å². The van der Waals surface area contributed by atoms with Crippen molar-refractivity contribution in [3.8, 4) is 16.9 Å². The molecule has 7 heteroatoms. The lowest BCUT2D eigenvalue weighted by molar-refractivity contribution is -0.185. The summed E-state index contributed by atoms with van der Waals surface area (Å²) in [7, 11) is 0. The van der Waals surface area contributed by atoms with Crippen LogP contribution in [-0.2, 0) is 12.3 Å². The quantitative estimate of drug-likeness (QED) is 0.312. The largest absolute Gasteiger partial charge is 0.428 e. The first-order valence-electron chi connectivity index (χ1n) is 11.7. The molecule has 0 amide bonds. The number of para-hydroxylation sites is 1. The number of ether oxygens (including phenoxy) is 1. The molecule has 1 nitrogen and oxygen atoms in total. The summed E-state index contributed by atoms with van der Waals surface area (Å²) in [5.74, 6) is -0.656. The maximum atomic E-state index is 15.1. The number of hydrogen-bond donors (Lipinski definition) is 0. The fraction of sp³-hybridized carbons (Fsp3) is 0.357. The molecule has 0 atom stereocenters. The minimum atomic E-state index is -4.85. The van der Waals surface area contributed by atoms with Gasteiger partial charge in [-0.25, -0.2) is 4.39 Å². The average molecular weight is 493 g/mol. The molecule has 1 saturated carbocycles. The summed E-state index contributed by atoms with van der Waals surface area (Å²) >= 11 is 0. The monoisotopic (exact) mass is 492 g/mol. The van der Waals surface area contributed by atoms with E-state index in [0.717, 1.165) is 49.7 Å². The van der Waals surface area contributed by atoms with Gasteiger partial charge < -0.3 is 4.74 Å². The summed E-state index contributed by atoms with van der Waals surface area (Å²) in [6.45, 7) is 2.19. The minimum absolute atomic E-state index is 0.0000649. The first-order valence-corrected chi connectivity index (χ1v) is 11.7. The molecule has 0 aromatic heterocycles. The van der Waals surface area contributed by atoms with Gasteiger partial charge in [0.2, 0.25) is 0 Å². The standard InChI is InChI=1S/C28H26F6O/c1-2-18-7-9-19(10-8-18)20-11-14-22(15-12-20)28(33,34)35-26-6-4-3-5-23(26)21-13-16-24(25(29)17-21)27(30,31)32/h3-6,11-19H,2,7-10H2,1H3/t18-,19-. The van der Waals surface area contributed by atoms with Gasteiger partial charge in [0.15, 0.2) is 0 Å². The van der Waals surface area contributed by atoms with E-state index in [2.05, 4.69) is 6.92 Å². The second-order valence-electron chi connectivity index (χ2n) is 9.06. The number of hydrogen-bond acceptors (Lipinski definition) is 1. The first-order chi connectivity index (χ1) is 16.6. The Balaban J connectivity index is 1.54. The zero-order valence-corrected chi connectivity index (χ0v) is 19.2. The van der Waals surface area contributed by atoms with E-state index in [1.165, 1.54) is 36.4 Å². The molecule has 4 rings (SSSR count). The summed E-state index contributed by atoms with van der Waals surface area (Å²) in [5.41, 5.74) is -0.672. The van der Waals surface area contributed by atoms with E-state index in [0.29, 0.717) is 18.1 Å². The van der Waals surface area contributed by atoms with Gasteiger partial charge >= 0.3 is 12.3 Å². The van der Waals surface area contributed by atoms with E-state index < -0.39 is 23.7 Å². The van der Waals surface area contributed by atoms with Gasteiger partial charge in [-0.15, -0.1) is 0 Å². The van der Waals surface area contributed by atoms with Crippen molar-refractivity contribution in [1.29, 1.82) is 0 Å². The van der Waals surface area contributed by atoms with Gasteiger partial charge in [-0.05, 0) is 79.0 Å². The maximum absolute atomic E-state index is 15.1. The van der Waals surface area contributed by atoms with E-state index in [1.807, 2.05) is 0 Å². The number of halogens is 6. The Bertz CT molecular complexity index is 1140. The molecule has 0 spiro atoms. The molecule has 1 aliphatic carbocycles. The van der Waals surface area contributed by atoms with Gasteiger partial charge in [0.25, 0.3) is 0 Å². The topological polar surface area (TPSA) is 9.23 Å². The lowest BCUT2D eigenvalue weighted by Crippen LogP contribution is -2.22. The van der Waals surface area contributed by atoms with E-state index in [1.54, 1.807) is 12.1 Å². The van der Waals surface area contributed by atoms with Gasteiger partial charge in [0.05, 0.1) is 11.1 Å². The van der Waals surface area contributed by atoms with E-state index >= 15 is 8.78 Å². The van der Waals surface area contributed by atoms with E-state index in [-0.39, 0.29) is 22.4 Å². The minimum Gasteiger partial charge on any atom is -0.428 e. The van der Waals surface area contributed by atoms with Gasteiger partial charge in [0.1, 0.15) is 11.6 Å². The van der Waals surface area contributed by atoms with Crippen molar-refractivity contribution in [2.24, 2.45) is 5.92 Å². The molecule has 3 aromatic carbocycles. The van der Waals surface area contributed by atoms with Gasteiger partial charge in [0, 0.05) is 5.56 Å². The van der Waals surface area contributed by atoms with Crippen LogP contribution in [0.1, 0.15) is 61.6 Å². The fourth-order valence-electron chi connectivity index (χ4n) is 4.76. The third-order valence-corrected chi connectivity index (χ3v) is 6.85. The molecule has 186 valence electrons. The Hall–Kier alpha value is -2.96. The first kappa shape index (κ1) is 25.1. The Kier molecular flexibility index (Phi) is 7.15.